The molecule has 2 atom stereocenters. The van der Waals surface area contributed by atoms with Gasteiger partial charge in [-0.2, -0.15) is 0 Å². The lowest BCUT2D eigenvalue weighted by Gasteiger charge is -2.38. The van der Waals surface area contributed by atoms with Gasteiger partial charge in [-0.25, -0.2) is 17.5 Å². The molecule has 1 aromatic rings. The molecule has 2 aliphatic rings. The molecule has 2 unspecified atom stereocenters. The first-order valence-corrected chi connectivity index (χ1v) is 10.6. The molecule has 8 nitrogen and oxygen atoms in total. The second kappa shape index (κ2) is 8.37. The first-order valence-electron chi connectivity index (χ1n) is 9.01. The van der Waals surface area contributed by atoms with Gasteiger partial charge in [0.25, 0.3) is 0 Å². The highest BCUT2D eigenvalue weighted by Crippen LogP contribution is 2.24. The average molecular weight is 396 g/mol. The Morgan fingerprint density at radius 1 is 1.19 bits per heavy atom. The Balaban J connectivity index is 1.69. The summed E-state index contributed by atoms with van der Waals surface area (Å²) in [6, 6.07) is 7.91. The maximum Gasteiger partial charge on any atom is 0.328 e. The number of amides is 1. The van der Waals surface area contributed by atoms with Crippen LogP contribution in [0, 0.1) is 5.92 Å². The van der Waals surface area contributed by atoms with Crippen molar-refractivity contribution in [2.24, 2.45) is 5.92 Å². The summed E-state index contributed by atoms with van der Waals surface area (Å²) in [4.78, 5) is 25.6. The molecule has 0 saturated carbocycles. The zero-order valence-electron chi connectivity index (χ0n) is 15.0. The standard InChI is InChI=1S/C18H24N2O6S/c21-17(20-9-10-26-12-16(20)18(22)23)15-7-4-8-19(11-15)27(24,25)13-14-5-2-1-3-6-14/h1-3,5-6,15-16H,4,7-13H2,(H,22,23). The minimum atomic E-state index is -3.54. The number of nitrogens with zero attached hydrogens (tertiary/aromatic N) is 2. The van der Waals surface area contributed by atoms with Crippen molar-refractivity contribution in [2.75, 3.05) is 32.8 Å². The minimum absolute atomic E-state index is 0.0379. The van der Waals surface area contributed by atoms with Crippen molar-refractivity contribution in [1.82, 2.24) is 9.21 Å². The Hall–Kier alpha value is -1.97. The van der Waals surface area contributed by atoms with Gasteiger partial charge in [-0.3, -0.25) is 4.79 Å². The van der Waals surface area contributed by atoms with Crippen molar-refractivity contribution in [3.63, 3.8) is 0 Å². The van der Waals surface area contributed by atoms with Crippen LogP contribution < -0.4 is 0 Å². The van der Waals surface area contributed by atoms with Crippen LogP contribution in [-0.2, 0) is 30.1 Å². The van der Waals surface area contributed by atoms with E-state index in [1.165, 1.54) is 9.21 Å². The predicted octanol–water partition coefficient (Wildman–Crippen LogP) is 0.540. The van der Waals surface area contributed by atoms with E-state index in [9.17, 15) is 23.1 Å². The SMILES string of the molecule is O=C(O)C1COCCN1C(=O)C1CCCN(S(=O)(=O)Cc2ccccc2)C1. The highest BCUT2D eigenvalue weighted by molar-refractivity contribution is 7.88. The van der Waals surface area contributed by atoms with Gasteiger partial charge in [-0.15, -0.1) is 0 Å². The Bertz CT molecular complexity index is 782. The van der Waals surface area contributed by atoms with Crippen LogP contribution in [0.25, 0.3) is 0 Å². The zero-order valence-corrected chi connectivity index (χ0v) is 15.8. The Morgan fingerprint density at radius 2 is 1.93 bits per heavy atom. The maximum absolute atomic E-state index is 12.9. The summed E-state index contributed by atoms with van der Waals surface area (Å²) >= 11 is 0. The van der Waals surface area contributed by atoms with E-state index in [0.717, 1.165) is 0 Å². The molecule has 1 aromatic carbocycles. The van der Waals surface area contributed by atoms with Gasteiger partial charge in [-0.05, 0) is 18.4 Å². The number of hydrogen-bond acceptors (Lipinski definition) is 5. The molecule has 2 saturated heterocycles. The minimum Gasteiger partial charge on any atom is -0.480 e. The molecule has 9 heteroatoms. The third-order valence-electron chi connectivity index (χ3n) is 5.02. The molecule has 2 fully saturated rings. The van der Waals surface area contributed by atoms with Crippen molar-refractivity contribution in [2.45, 2.75) is 24.6 Å². The number of sulfonamides is 1. The van der Waals surface area contributed by atoms with Crippen LogP contribution in [-0.4, -0.2) is 73.5 Å². The van der Waals surface area contributed by atoms with Crippen LogP contribution in [0.3, 0.4) is 0 Å². The Labute approximate surface area is 158 Å². The van der Waals surface area contributed by atoms with E-state index in [2.05, 4.69) is 0 Å². The number of carbonyl (C=O) groups is 2. The van der Waals surface area contributed by atoms with Crippen molar-refractivity contribution >= 4 is 21.9 Å². The zero-order chi connectivity index (χ0) is 19.4. The number of ether oxygens (including phenoxy) is 1. The first kappa shape index (κ1) is 19.8. The molecular formula is C18H24N2O6S. The third kappa shape index (κ3) is 4.66. The smallest absolute Gasteiger partial charge is 0.328 e. The summed E-state index contributed by atoms with van der Waals surface area (Å²) in [6.07, 6.45) is 1.13. The Kier molecular flexibility index (Phi) is 6.13. The second-order valence-corrected chi connectivity index (χ2v) is 8.87. The van der Waals surface area contributed by atoms with Crippen LogP contribution in [0.4, 0.5) is 0 Å². The van der Waals surface area contributed by atoms with Crippen LogP contribution in [0.1, 0.15) is 18.4 Å². The van der Waals surface area contributed by atoms with Gasteiger partial charge in [0.1, 0.15) is 0 Å². The van der Waals surface area contributed by atoms with E-state index in [1.54, 1.807) is 24.3 Å². The average Bonchev–Trinajstić information content (AvgIpc) is 2.68. The van der Waals surface area contributed by atoms with Gasteiger partial charge in [0.15, 0.2) is 6.04 Å². The fraction of sp³-hybridized carbons (Fsp3) is 0.556. The van der Waals surface area contributed by atoms with Gasteiger partial charge in [0.05, 0.1) is 24.9 Å². The van der Waals surface area contributed by atoms with Gasteiger partial charge < -0.3 is 14.7 Å². The van der Waals surface area contributed by atoms with Gasteiger partial charge in [0.2, 0.25) is 15.9 Å². The van der Waals surface area contributed by atoms with Crippen LogP contribution >= 0.6 is 0 Å². The van der Waals surface area contributed by atoms with E-state index in [-0.39, 0.29) is 38.0 Å². The molecule has 3 rings (SSSR count). The van der Waals surface area contributed by atoms with Gasteiger partial charge in [-0.1, -0.05) is 30.3 Å². The number of benzene rings is 1. The van der Waals surface area contributed by atoms with E-state index in [1.807, 2.05) is 6.07 Å². The fourth-order valence-electron chi connectivity index (χ4n) is 3.58. The summed E-state index contributed by atoms with van der Waals surface area (Å²) < 4.78 is 32.1. The molecule has 148 valence electrons. The Morgan fingerprint density at radius 3 is 2.63 bits per heavy atom. The number of rotatable bonds is 5. The molecule has 1 N–H and O–H groups in total. The van der Waals surface area contributed by atoms with Gasteiger partial charge in [0, 0.05) is 19.6 Å². The van der Waals surface area contributed by atoms with Crippen LogP contribution in [0.15, 0.2) is 30.3 Å². The summed E-state index contributed by atoms with van der Waals surface area (Å²) in [5.41, 5.74) is 0.699. The molecule has 27 heavy (non-hydrogen) atoms. The number of aliphatic carboxylic acids is 1. The second-order valence-electron chi connectivity index (χ2n) is 6.90. The number of carboxylic acid groups (broad SMARTS) is 1. The number of carboxylic acids is 1. The van der Waals surface area contributed by atoms with Crippen LogP contribution in [0.5, 0.6) is 0 Å². The van der Waals surface area contributed by atoms with E-state index < -0.39 is 28.0 Å². The van der Waals surface area contributed by atoms with Crippen molar-refractivity contribution in [3.8, 4) is 0 Å². The van der Waals surface area contributed by atoms with E-state index >= 15 is 0 Å². The molecule has 0 aliphatic carbocycles. The number of hydrogen-bond donors (Lipinski definition) is 1. The maximum atomic E-state index is 12.9. The molecule has 2 heterocycles. The lowest BCUT2D eigenvalue weighted by Crippen LogP contribution is -2.56. The molecule has 1 amide bonds. The normalized spacial score (nSPS) is 24.5. The monoisotopic (exact) mass is 396 g/mol. The summed E-state index contributed by atoms with van der Waals surface area (Å²) in [6.45, 7) is 0.938. The molecule has 0 spiro atoms. The van der Waals surface area contributed by atoms with Crippen molar-refractivity contribution in [3.05, 3.63) is 35.9 Å². The highest BCUT2D eigenvalue weighted by Gasteiger charge is 2.39. The lowest BCUT2D eigenvalue weighted by atomic mass is 9.97. The summed E-state index contributed by atoms with van der Waals surface area (Å²) in [5, 5.41) is 9.32. The number of piperidine rings is 1. The summed E-state index contributed by atoms with van der Waals surface area (Å²) in [5.74, 6) is -2.04. The lowest BCUT2D eigenvalue weighted by molar-refractivity contribution is -0.160. The topological polar surface area (TPSA) is 104 Å². The van der Waals surface area contributed by atoms with Gasteiger partial charge >= 0.3 is 5.97 Å². The van der Waals surface area contributed by atoms with Crippen molar-refractivity contribution in [1.29, 1.82) is 0 Å². The largest absolute Gasteiger partial charge is 0.480 e. The van der Waals surface area contributed by atoms with Crippen molar-refractivity contribution < 1.29 is 27.9 Å². The molecule has 0 radical (unpaired) electrons. The third-order valence-corrected chi connectivity index (χ3v) is 6.83. The van der Waals surface area contributed by atoms with Crippen LogP contribution in [0.2, 0.25) is 0 Å². The predicted molar refractivity (Wildman–Crippen MR) is 97.3 cm³/mol. The molecular weight excluding hydrogens is 372 g/mol. The first-order chi connectivity index (χ1) is 12.9. The molecule has 0 aromatic heterocycles. The van der Waals surface area contributed by atoms with E-state index in [0.29, 0.717) is 24.9 Å². The van der Waals surface area contributed by atoms with E-state index in [4.69, 9.17) is 4.74 Å². The summed E-state index contributed by atoms with van der Waals surface area (Å²) in [7, 11) is -3.54. The fourth-order valence-corrected chi connectivity index (χ4v) is 5.19. The molecule has 2 aliphatic heterocycles. The number of carbonyl (C=O) groups excluding carboxylic acids is 1. The number of morpholine rings is 1. The molecule has 0 bridgehead atoms. The highest BCUT2D eigenvalue weighted by atomic mass is 32.2. The quantitative estimate of drug-likeness (QED) is 0.779.